The van der Waals surface area contributed by atoms with Gasteiger partial charge in [-0.1, -0.05) is 19.9 Å². The Labute approximate surface area is 117 Å². The Hall–Kier alpha value is -1.02. The zero-order chi connectivity index (χ0) is 14.0. The Bertz CT molecular complexity index is 437. The minimum atomic E-state index is 0.549. The molecule has 0 bridgehead atoms. The molecule has 0 aromatic heterocycles. The molecule has 106 valence electrons. The van der Waals surface area contributed by atoms with Gasteiger partial charge < -0.3 is 9.64 Å². The van der Waals surface area contributed by atoms with Crippen LogP contribution in [0.5, 0.6) is 5.75 Å². The second-order valence-corrected chi connectivity index (χ2v) is 6.29. The molecule has 2 nitrogen and oxygen atoms in total. The first kappa shape index (κ1) is 14.4. The predicted molar refractivity (Wildman–Crippen MR) is 80.9 cm³/mol. The van der Waals surface area contributed by atoms with E-state index in [9.17, 15) is 0 Å². The minimum Gasteiger partial charge on any atom is -0.496 e. The van der Waals surface area contributed by atoms with Gasteiger partial charge in [0.2, 0.25) is 0 Å². The normalized spacial score (nSPS) is 18.8. The number of rotatable bonds is 4. The van der Waals surface area contributed by atoms with Crippen molar-refractivity contribution in [2.45, 2.75) is 45.6 Å². The van der Waals surface area contributed by atoms with Crippen molar-refractivity contribution in [3.63, 3.8) is 0 Å². The lowest BCUT2D eigenvalue weighted by atomic mass is 9.81. The van der Waals surface area contributed by atoms with Gasteiger partial charge in [0.25, 0.3) is 0 Å². The molecule has 2 rings (SSSR count). The lowest BCUT2D eigenvalue weighted by Gasteiger charge is -2.34. The quantitative estimate of drug-likeness (QED) is 0.816. The summed E-state index contributed by atoms with van der Waals surface area (Å²) in [6, 6.07) is 4.99. The van der Waals surface area contributed by atoms with Crippen LogP contribution in [-0.2, 0) is 12.8 Å². The second kappa shape index (κ2) is 5.96. The van der Waals surface area contributed by atoms with Crippen molar-refractivity contribution < 1.29 is 4.74 Å². The monoisotopic (exact) mass is 261 g/mol. The molecule has 1 aromatic rings. The summed E-state index contributed by atoms with van der Waals surface area (Å²) in [6.45, 7) is 4.59. The highest BCUT2D eigenvalue weighted by atomic mass is 16.5. The maximum absolute atomic E-state index is 5.58. The number of ether oxygens (including phenoxy) is 1. The smallest absolute Gasteiger partial charge is 0.122 e. The summed E-state index contributed by atoms with van der Waals surface area (Å²) in [5, 5.41) is 0. The number of nitrogens with zero attached hydrogens (tertiary/aromatic N) is 1. The van der Waals surface area contributed by atoms with Crippen LogP contribution in [0.2, 0.25) is 0 Å². The van der Waals surface area contributed by atoms with Crippen LogP contribution in [0.15, 0.2) is 12.1 Å². The van der Waals surface area contributed by atoms with Crippen LogP contribution in [-0.4, -0.2) is 26.1 Å². The van der Waals surface area contributed by atoms with E-state index in [-0.39, 0.29) is 0 Å². The fourth-order valence-corrected chi connectivity index (χ4v) is 3.31. The molecule has 1 unspecified atom stereocenters. The van der Waals surface area contributed by atoms with Gasteiger partial charge in [-0.2, -0.15) is 0 Å². The zero-order valence-corrected chi connectivity index (χ0v) is 13.0. The number of benzene rings is 1. The van der Waals surface area contributed by atoms with Gasteiger partial charge in [0.1, 0.15) is 5.75 Å². The van der Waals surface area contributed by atoms with Crippen LogP contribution in [0.3, 0.4) is 0 Å². The second-order valence-electron chi connectivity index (χ2n) is 6.29. The van der Waals surface area contributed by atoms with Crippen molar-refractivity contribution in [3.8, 4) is 5.75 Å². The van der Waals surface area contributed by atoms with E-state index in [2.05, 4.69) is 45.0 Å². The van der Waals surface area contributed by atoms with Crippen molar-refractivity contribution in [2.24, 2.45) is 5.92 Å². The van der Waals surface area contributed by atoms with E-state index in [4.69, 9.17) is 4.74 Å². The van der Waals surface area contributed by atoms with Gasteiger partial charge in [-0.05, 0) is 68.5 Å². The van der Waals surface area contributed by atoms with Crippen molar-refractivity contribution in [1.82, 2.24) is 4.90 Å². The summed E-state index contributed by atoms with van der Waals surface area (Å²) >= 11 is 0. The maximum Gasteiger partial charge on any atom is 0.122 e. The van der Waals surface area contributed by atoms with Crippen LogP contribution in [0.1, 0.15) is 49.4 Å². The van der Waals surface area contributed by atoms with Crippen molar-refractivity contribution in [3.05, 3.63) is 28.8 Å². The molecule has 19 heavy (non-hydrogen) atoms. The molecular weight excluding hydrogens is 234 g/mol. The topological polar surface area (TPSA) is 12.5 Å². The van der Waals surface area contributed by atoms with E-state index in [0.717, 1.165) is 18.6 Å². The molecule has 0 heterocycles. The van der Waals surface area contributed by atoms with E-state index in [1.54, 1.807) is 12.7 Å². The van der Waals surface area contributed by atoms with Crippen molar-refractivity contribution in [1.29, 1.82) is 0 Å². The lowest BCUT2D eigenvalue weighted by molar-refractivity contribution is 0.263. The Morgan fingerprint density at radius 1 is 1.32 bits per heavy atom. The lowest BCUT2D eigenvalue weighted by Crippen LogP contribution is -2.26. The van der Waals surface area contributed by atoms with Crippen LogP contribution >= 0.6 is 0 Å². The van der Waals surface area contributed by atoms with E-state index in [1.807, 2.05) is 0 Å². The summed E-state index contributed by atoms with van der Waals surface area (Å²) in [5.41, 5.74) is 4.51. The molecule has 0 fully saturated rings. The number of hydrogen-bond donors (Lipinski definition) is 0. The summed E-state index contributed by atoms with van der Waals surface area (Å²) in [5.74, 6) is 1.77. The van der Waals surface area contributed by atoms with Gasteiger partial charge >= 0.3 is 0 Å². The first-order valence-corrected chi connectivity index (χ1v) is 7.39. The van der Waals surface area contributed by atoms with Crippen LogP contribution < -0.4 is 4.74 Å². The molecule has 0 saturated carbocycles. The molecule has 1 aromatic carbocycles. The van der Waals surface area contributed by atoms with E-state index in [0.29, 0.717) is 12.0 Å². The molecule has 1 atom stereocenters. The molecule has 0 saturated heterocycles. The van der Waals surface area contributed by atoms with Gasteiger partial charge in [0.05, 0.1) is 7.11 Å². The third-order valence-corrected chi connectivity index (χ3v) is 4.11. The van der Waals surface area contributed by atoms with Gasteiger partial charge in [-0.3, -0.25) is 0 Å². The summed E-state index contributed by atoms with van der Waals surface area (Å²) < 4.78 is 5.58. The van der Waals surface area contributed by atoms with Crippen molar-refractivity contribution >= 4 is 0 Å². The van der Waals surface area contributed by atoms with Crippen LogP contribution in [0.25, 0.3) is 0 Å². The average molecular weight is 261 g/mol. The highest BCUT2D eigenvalue weighted by Crippen LogP contribution is 2.40. The molecule has 1 aliphatic rings. The Morgan fingerprint density at radius 2 is 2.05 bits per heavy atom. The van der Waals surface area contributed by atoms with Gasteiger partial charge in [-0.15, -0.1) is 0 Å². The van der Waals surface area contributed by atoms with E-state index < -0.39 is 0 Å². The summed E-state index contributed by atoms with van der Waals surface area (Å²) in [4.78, 5) is 2.36. The van der Waals surface area contributed by atoms with Crippen molar-refractivity contribution in [2.75, 3.05) is 21.2 Å². The summed E-state index contributed by atoms with van der Waals surface area (Å²) in [7, 11) is 6.17. The first-order valence-electron chi connectivity index (χ1n) is 7.39. The molecule has 0 amide bonds. The fourth-order valence-electron chi connectivity index (χ4n) is 3.31. The van der Waals surface area contributed by atoms with E-state index in [1.165, 1.54) is 24.0 Å². The molecule has 2 heteroatoms. The fraction of sp³-hybridized carbons (Fsp3) is 0.647. The maximum atomic E-state index is 5.58. The highest BCUT2D eigenvalue weighted by Gasteiger charge is 2.27. The third-order valence-electron chi connectivity index (χ3n) is 4.11. The molecule has 0 aliphatic heterocycles. The number of fused-ring (bicyclic) bond motifs is 1. The molecule has 0 radical (unpaired) electrons. The van der Waals surface area contributed by atoms with Crippen LogP contribution in [0.4, 0.5) is 0 Å². The zero-order valence-electron chi connectivity index (χ0n) is 13.0. The Kier molecular flexibility index (Phi) is 4.51. The van der Waals surface area contributed by atoms with Gasteiger partial charge in [0, 0.05) is 6.04 Å². The van der Waals surface area contributed by atoms with Crippen LogP contribution in [0, 0.1) is 5.92 Å². The van der Waals surface area contributed by atoms with E-state index >= 15 is 0 Å². The van der Waals surface area contributed by atoms with Gasteiger partial charge in [-0.25, -0.2) is 0 Å². The SMILES string of the molecule is COc1ccc(CC(C)C)c2c1CCCC2N(C)C. The number of hydrogen-bond acceptors (Lipinski definition) is 2. The largest absolute Gasteiger partial charge is 0.496 e. The summed E-state index contributed by atoms with van der Waals surface area (Å²) in [6.07, 6.45) is 4.85. The highest BCUT2D eigenvalue weighted by molar-refractivity contribution is 5.48. The Balaban J connectivity index is 2.52. The average Bonchev–Trinajstić information content (AvgIpc) is 2.37. The Morgan fingerprint density at radius 3 is 2.63 bits per heavy atom. The minimum absolute atomic E-state index is 0.549. The number of methoxy groups -OCH3 is 1. The predicted octanol–water partition coefficient (Wildman–Crippen LogP) is 3.83. The molecule has 0 N–H and O–H groups in total. The van der Waals surface area contributed by atoms with Gasteiger partial charge in [0.15, 0.2) is 0 Å². The third kappa shape index (κ3) is 2.94. The first-order chi connectivity index (χ1) is 9.04. The molecule has 0 spiro atoms. The standard InChI is InChI=1S/C17H27NO/c1-12(2)11-13-9-10-16(19-5)14-7-6-8-15(17(13)14)18(3)4/h9-10,12,15H,6-8,11H2,1-5H3. The molecular formula is C17H27NO. The molecule has 1 aliphatic carbocycles.